The van der Waals surface area contributed by atoms with Gasteiger partial charge in [0.15, 0.2) is 0 Å². The van der Waals surface area contributed by atoms with Crippen LogP contribution in [-0.4, -0.2) is 20.2 Å². The highest BCUT2D eigenvalue weighted by atomic mass is 35.5. The van der Waals surface area contributed by atoms with Gasteiger partial charge < -0.3 is 15.2 Å². The van der Waals surface area contributed by atoms with Crippen molar-refractivity contribution < 1.29 is 14.3 Å². The van der Waals surface area contributed by atoms with Crippen LogP contribution in [0.25, 0.3) is 6.08 Å². The first-order chi connectivity index (χ1) is 7.58. The molecular formula is C11H12ClNO3. The maximum absolute atomic E-state index is 11.1. The summed E-state index contributed by atoms with van der Waals surface area (Å²) in [5.74, 6) is -0.0117. The molecule has 0 amide bonds. The predicted molar refractivity (Wildman–Crippen MR) is 62.2 cm³/mol. The topological polar surface area (TPSA) is 61.5 Å². The Labute approximate surface area is 98.6 Å². The van der Waals surface area contributed by atoms with Crippen molar-refractivity contribution in [3.05, 3.63) is 34.5 Å². The molecule has 1 rings (SSSR count). The monoisotopic (exact) mass is 241 g/mol. The molecule has 1 aromatic rings. The lowest BCUT2D eigenvalue weighted by Crippen LogP contribution is -2.12. The summed E-state index contributed by atoms with van der Waals surface area (Å²) in [5, 5.41) is 0.453. The van der Waals surface area contributed by atoms with Crippen molar-refractivity contribution >= 4 is 23.6 Å². The van der Waals surface area contributed by atoms with Crippen LogP contribution in [0.4, 0.5) is 0 Å². The Morgan fingerprint density at radius 2 is 2.12 bits per heavy atom. The van der Waals surface area contributed by atoms with Crippen molar-refractivity contribution in [3.8, 4) is 5.75 Å². The summed E-state index contributed by atoms with van der Waals surface area (Å²) >= 11 is 5.92. The SMILES string of the molecule is COC(=O)/C(N)=C/c1ccc(OC)c(Cl)c1. The van der Waals surface area contributed by atoms with Crippen molar-refractivity contribution in [2.45, 2.75) is 0 Å². The highest BCUT2D eigenvalue weighted by Crippen LogP contribution is 2.25. The van der Waals surface area contributed by atoms with Crippen LogP contribution in [-0.2, 0) is 9.53 Å². The number of nitrogens with two attached hydrogens (primary N) is 1. The van der Waals surface area contributed by atoms with Crippen molar-refractivity contribution in [1.29, 1.82) is 0 Å². The molecule has 0 saturated carbocycles. The average molecular weight is 242 g/mol. The maximum atomic E-state index is 11.1. The van der Waals surface area contributed by atoms with E-state index in [1.165, 1.54) is 20.3 Å². The molecule has 0 aromatic heterocycles. The zero-order chi connectivity index (χ0) is 12.1. The fraction of sp³-hybridized carbons (Fsp3) is 0.182. The molecule has 16 heavy (non-hydrogen) atoms. The molecule has 0 aliphatic carbocycles. The molecule has 0 aliphatic heterocycles. The largest absolute Gasteiger partial charge is 0.495 e. The third-order valence-corrected chi connectivity index (χ3v) is 2.21. The standard InChI is InChI=1S/C11H12ClNO3/c1-15-10-4-3-7(5-8(10)12)6-9(13)11(14)16-2/h3-6H,13H2,1-2H3/b9-6-. The molecule has 0 heterocycles. The number of carbonyl (C=O) groups excluding carboxylic acids is 1. The molecular weight excluding hydrogens is 230 g/mol. The summed E-state index contributed by atoms with van der Waals surface area (Å²) in [6.07, 6.45) is 1.48. The Hall–Kier alpha value is -1.68. The van der Waals surface area contributed by atoms with Gasteiger partial charge in [-0.05, 0) is 23.8 Å². The van der Waals surface area contributed by atoms with Crippen LogP contribution in [0, 0.1) is 0 Å². The zero-order valence-corrected chi connectivity index (χ0v) is 9.75. The van der Waals surface area contributed by atoms with E-state index in [2.05, 4.69) is 4.74 Å². The fourth-order valence-corrected chi connectivity index (χ4v) is 1.39. The van der Waals surface area contributed by atoms with Gasteiger partial charge in [-0.3, -0.25) is 0 Å². The number of hydrogen-bond acceptors (Lipinski definition) is 4. The van der Waals surface area contributed by atoms with E-state index in [-0.39, 0.29) is 5.70 Å². The third kappa shape index (κ3) is 2.90. The van der Waals surface area contributed by atoms with Crippen LogP contribution in [0.5, 0.6) is 5.75 Å². The van der Waals surface area contributed by atoms with Crippen LogP contribution in [0.3, 0.4) is 0 Å². The normalized spacial score (nSPS) is 11.1. The molecule has 5 heteroatoms. The van der Waals surface area contributed by atoms with Gasteiger partial charge in [0, 0.05) is 0 Å². The first-order valence-electron chi connectivity index (χ1n) is 4.47. The number of methoxy groups -OCH3 is 2. The quantitative estimate of drug-likeness (QED) is 0.648. The lowest BCUT2D eigenvalue weighted by molar-refractivity contribution is -0.136. The molecule has 0 aliphatic rings. The second-order valence-electron chi connectivity index (χ2n) is 2.99. The lowest BCUT2D eigenvalue weighted by atomic mass is 10.2. The Balaban J connectivity index is 2.98. The van der Waals surface area contributed by atoms with Gasteiger partial charge in [0.2, 0.25) is 0 Å². The Kier molecular flexibility index (Phi) is 4.19. The molecule has 4 nitrogen and oxygen atoms in total. The van der Waals surface area contributed by atoms with Crippen molar-refractivity contribution in [1.82, 2.24) is 0 Å². The molecule has 0 unspecified atom stereocenters. The summed E-state index contributed by atoms with van der Waals surface area (Å²) in [4.78, 5) is 11.1. The predicted octanol–water partition coefficient (Wildman–Crippen LogP) is 1.82. The molecule has 0 radical (unpaired) electrons. The van der Waals surface area contributed by atoms with Crippen molar-refractivity contribution in [2.24, 2.45) is 5.73 Å². The van der Waals surface area contributed by atoms with E-state index in [0.717, 1.165) is 0 Å². The maximum Gasteiger partial charge on any atom is 0.353 e. The Bertz CT molecular complexity index is 429. The highest BCUT2D eigenvalue weighted by molar-refractivity contribution is 6.32. The first kappa shape index (κ1) is 12.4. The van der Waals surface area contributed by atoms with Gasteiger partial charge in [0.25, 0.3) is 0 Å². The van der Waals surface area contributed by atoms with Crippen LogP contribution >= 0.6 is 11.6 Å². The summed E-state index contributed by atoms with van der Waals surface area (Å²) in [6.45, 7) is 0. The number of halogens is 1. The average Bonchev–Trinajstić information content (AvgIpc) is 2.28. The lowest BCUT2D eigenvalue weighted by Gasteiger charge is -2.04. The second kappa shape index (κ2) is 5.42. The van der Waals surface area contributed by atoms with E-state index >= 15 is 0 Å². The van der Waals surface area contributed by atoms with E-state index in [4.69, 9.17) is 22.1 Å². The van der Waals surface area contributed by atoms with Crippen LogP contribution < -0.4 is 10.5 Å². The van der Waals surface area contributed by atoms with Crippen LogP contribution in [0.2, 0.25) is 5.02 Å². The van der Waals surface area contributed by atoms with Gasteiger partial charge in [-0.2, -0.15) is 0 Å². The van der Waals surface area contributed by atoms with Crippen LogP contribution in [0.15, 0.2) is 23.9 Å². The smallest absolute Gasteiger partial charge is 0.353 e. The minimum atomic E-state index is -0.577. The Morgan fingerprint density at radius 3 is 2.62 bits per heavy atom. The summed E-state index contributed by atoms with van der Waals surface area (Å²) in [6, 6.07) is 5.08. The van der Waals surface area contributed by atoms with E-state index in [9.17, 15) is 4.79 Å². The van der Waals surface area contributed by atoms with Gasteiger partial charge in [0.1, 0.15) is 11.4 Å². The van der Waals surface area contributed by atoms with Crippen molar-refractivity contribution in [3.63, 3.8) is 0 Å². The van der Waals surface area contributed by atoms with Crippen molar-refractivity contribution in [2.75, 3.05) is 14.2 Å². The third-order valence-electron chi connectivity index (χ3n) is 1.92. The second-order valence-corrected chi connectivity index (χ2v) is 3.39. The van der Waals surface area contributed by atoms with E-state index in [0.29, 0.717) is 16.3 Å². The molecule has 1 aromatic carbocycles. The highest BCUT2D eigenvalue weighted by Gasteiger charge is 2.05. The van der Waals surface area contributed by atoms with Gasteiger partial charge in [-0.25, -0.2) is 4.79 Å². The number of hydrogen-bond donors (Lipinski definition) is 1. The summed E-state index contributed by atoms with van der Waals surface area (Å²) in [7, 11) is 2.80. The minimum absolute atomic E-state index is 0.0173. The van der Waals surface area contributed by atoms with E-state index < -0.39 is 5.97 Å². The van der Waals surface area contributed by atoms with Gasteiger partial charge >= 0.3 is 5.97 Å². The molecule has 0 spiro atoms. The molecule has 2 N–H and O–H groups in total. The van der Waals surface area contributed by atoms with E-state index in [1.807, 2.05) is 0 Å². The number of ether oxygens (including phenoxy) is 2. The van der Waals surface area contributed by atoms with E-state index in [1.54, 1.807) is 18.2 Å². The number of rotatable bonds is 3. The molecule has 0 atom stereocenters. The Morgan fingerprint density at radius 1 is 1.44 bits per heavy atom. The zero-order valence-electron chi connectivity index (χ0n) is 8.99. The minimum Gasteiger partial charge on any atom is -0.495 e. The number of esters is 1. The molecule has 0 bridgehead atoms. The number of carbonyl (C=O) groups is 1. The van der Waals surface area contributed by atoms with Gasteiger partial charge in [-0.1, -0.05) is 17.7 Å². The number of benzene rings is 1. The molecule has 0 fully saturated rings. The van der Waals surface area contributed by atoms with Crippen LogP contribution in [0.1, 0.15) is 5.56 Å². The fourth-order valence-electron chi connectivity index (χ4n) is 1.13. The summed E-state index contributed by atoms with van der Waals surface area (Å²) < 4.78 is 9.47. The first-order valence-corrected chi connectivity index (χ1v) is 4.85. The molecule has 86 valence electrons. The van der Waals surface area contributed by atoms with Gasteiger partial charge in [-0.15, -0.1) is 0 Å². The van der Waals surface area contributed by atoms with Gasteiger partial charge in [0.05, 0.1) is 19.2 Å². The summed E-state index contributed by atoms with van der Waals surface area (Å²) in [5.41, 5.74) is 6.21. The molecule has 0 saturated heterocycles.